The van der Waals surface area contributed by atoms with Gasteiger partial charge >= 0.3 is 0 Å². The summed E-state index contributed by atoms with van der Waals surface area (Å²) in [5.74, 6) is 0.422. The van der Waals surface area contributed by atoms with Crippen molar-refractivity contribution in [3.05, 3.63) is 35.2 Å². The van der Waals surface area contributed by atoms with Crippen molar-refractivity contribution in [3.8, 4) is 0 Å². The highest BCUT2D eigenvalue weighted by molar-refractivity contribution is 7.17. The Bertz CT molecular complexity index is 607. The maximum absolute atomic E-state index is 12.4. The van der Waals surface area contributed by atoms with Gasteiger partial charge in [0.15, 0.2) is 0 Å². The van der Waals surface area contributed by atoms with E-state index in [4.69, 9.17) is 0 Å². The molecule has 0 bridgehead atoms. The normalized spacial score (nSPS) is 18.2. The molecular formula is C16H21ClN2OS. The van der Waals surface area contributed by atoms with Crippen LogP contribution < -0.4 is 5.32 Å². The highest BCUT2D eigenvalue weighted by Crippen LogP contribution is 2.27. The van der Waals surface area contributed by atoms with Gasteiger partial charge in [0, 0.05) is 24.8 Å². The molecule has 1 aromatic carbocycles. The Morgan fingerprint density at radius 1 is 1.43 bits per heavy atom. The molecule has 1 amide bonds. The van der Waals surface area contributed by atoms with E-state index < -0.39 is 0 Å². The zero-order valence-corrected chi connectivity index (χ0v) is 13.8. The minimum atomic E-state index is 0. The molecule has 1 atom stereocenters. The van der Waals surface area contributed by atoms with Gasteiger partial charge in [-0.05, 0) is 41.8 Å². The Hall–Kier alpha value is -1.10. The van der Waals surface area contributed by atoms with E-state index in [0.29, 0.717) is 6.54 Å². The van der Waals surface area contributed by atoms with E-state index >= 15 is 0 Å². The van der Waals surface area contributed by atoms with Gasteiger partial charge in [0.05, 0.1) is 5.92 Å². The topological polar surface area (TPSA) is 32.3 Å². The molecular weight excluding hydrogens is 304 g/mol. The Balaban J connectivity index is 0.00000161. The number of halogens is 1. The van der Waals surface area contributed by atoms with Gasteiger partial charge in [-0.3, -0.25) is 4.79 Å². The van der Waals surface area contributed by atoms with Crippen LogP contribution in [0.15, 0.2) is 29.6 Å². The quantitative estimate of drug-likeness (QED) is 0.939. The molecule has 1 aromatic heterocycles. The smallest absolute Gasteiger partial charge is 0.227 e. The van der Waals surface area contributed by atoms with Crippen LogP contribution in [0.4, 0.5) is 0 Å². The molecule has 1 aliphatic heterocycles. The number of benzene rings is 1. The number of carbonyl (C=O) groups excluding carboxylic acids is 1. The molecule has 1 aliphatic rings. The number of carbonyl (C=O) groups is 1. The summed E-state index contributed by atoms with van der Waals surface area (Å²) in [6.45, 7) is 2.58. The SMILES string of the molecule is CN(Cc1csc2ccccc12)C(=O)C1CCCNC1.Cl. The first-order valence-corrected chi connectivity index (χ1v) is 8.04. The lowest BCUT2D eigenvalue weighted by atomic mass is 9.98. The summed E-state index contributed by atoms with van der Waals surface area (Å²) in [6.07, 6.45) is 2.12. The summed E-state index contributed by atoms with van der Waals surface area (Å²) in [5, 5.41) is 6.76. The molecule has 1 N–H and O–H groups in total. The minimum Gasteiger partial charge on any atom is -0.341 e. The highest BCUT2D eigenvalue weighted by Gasteiger charge is 2.24. The van der Waals surface area contributed by atoms with Crippen molar-refractivity contribution in [1.29, 1.82) is 0 Å². The third-order valence-corrected chi connectivity index (χ3v) is 5.00. The second-order valence-electron chi connectivity index (χ2n) is 5.49. The van der Waals surface area contributed by atoms with Gasteiger partial charge in [-0.25, -0.2) is 0 Å². The zero-order chi connectivity index (χ0) is 13.9. The molecule has 5 heteroatoms. The molecule has 0 saturated carbocycles. The van der Waals surface area contributed by atoms with Crippen LogP contribution in [-0.4, -0.2) is 30.9 Å². The summed E-state index contributed by atoms with van der Waals surface area (Å²) >= 11 is 1.75. The second-order valence-corrected chi connectivity index (χ2v) is 6.41. The third-order valence-electron chi connectivity index (χ3n) is 3.99. The van der Waals surface area contributed by atoms with E-state index in [1.54, 1.807) is 11.3 Å². The molecule has 1 unspecified atom stereocenters. The van der Waals surface area contributed by atoms with Crippen LogP contribution in [-0.2, 0) is 11.3 Å². The molecule has 114 valence electrons. The first-order chi connectivity index (χ1) is 9.75. The highest BCUT2D eigenvalue weighted by atomic mass is 35.5. The van der Waals surface area contributed by atoms with Crippen LogP contribution in [0.5, 0.6) is 0 Å². The molecule has 2 aromatic rings. The van der Waals surface area contributed by atoms with E-state index in [1.165, 1.54) is 15.6 Å². The second kappa shape index (κ2) is 7.25. The number of hydrogen-bond donors (Lipinski definition) is 1. The maximum Gasteiger partial charge on any atom is 0.227 e. The van der Waals surface area contributed by atoms with Gasteiger partial charge in [-0.15, -0.1) is 23.7 Å². The fourth-order valence-electron chi connectivity index (χ4n) is 2.86. The van der Waals surface area contributed by atoms with Gasteiger partial charge in [-0.1, -0.05) is 18.2 Å². The number of piperidine rings is 1. The number of hydrogen-bond acceptors (Lipinski definition) is 3. The van der Waals surface area contributed by atoms with Crippen molar-refractivity contribution < 1.29 is 4.79 Å². The molecule has 1 saturated heterocycles. The summed E-state index contributed by atoms with van der Waals surface area (Å²) in [5.41, 5.74) is 1.25. The monoisotopic (exact) mass is 324 g/mol. The largest absolute Gasteiger partial charge is 0.341 e. The van der Waals surface area contributed by atoms with E-state index in [0.717, 1.165) is 25.9 Å². The van der Waals surface area contributed by atoms with Gasteiger partial charge in [0.25, 0.3) is 0 Å². The molecule has 21 heavy (non-hydrogen) atoms. The fourth-order valence-corrected chi connectivity index (χ4v) is 3.82. The Labute approximate surface area is 135 Å². The fraction of sp³-hybridized carbons (Fsp3) is 0.438. The maximum atomic E-state index is 12.4. The lowest BCUT2D eigenvalue weighted by Crippen LogP contribution is -2.41. The zero-order valence-electron chi connectivity index (χ0n) is 12.2. The van der Waals surface area contributed by atoms with Gasteiger partial charge < -0.3 is 10.2 Å². The molecule has 0 aliphatic carbocycles. The number of nitrogens with zero attached hydrogens (tertiary/aromatic N) is 1. The number of nitrogens with one attached hydrogen (secondary N) is 1. The van der Waals surface area contributed by atoms with Crippen molar-refractivity contribution in [2.75, 3.05) is 20.1 Å². The molecule has 1 fully saturated rings. The van der Waals surface area contributed by atoms with Crippen molar-refractivity contribution in [1.82, 2.24) is 10.2 Å². The first-order valence-electron chi connectivity index (χ1n) is 7.16. The molecule has 2 heterocycles. The van der Waals surface area contributed by atoms with Crippen LogP contribution in [0.2, 0.25) is 0 Å². The van der Waals surface area contributed by atoms with Gasteiger partial charge in [-0.2, -0.15) is 0 Å². The van der Waals surface area contributed by atoms with Crippen LogP contribution in [0.25, 0.3) is 10.1 Å². The lowest BCUT2D eigenvalue weighted by molar-refractivity contribution is -0.135. The predicted octanol–water partition coefficient (Wildman–Crippen LogP) is 3.28. The molecule has 0 radical (unpaired) electrons. The molecule has 3 rings (SSSR count). The third kappa shape index (κ3) is 3.57. The average Bonchev–Trinajstić information content (AvgIpc) is 2.91. The van der Waals surface area contributed by atoms with Crippen molar-refractivity contribution >= 4 is 39.7 Å². The van der Waals surface area contributed by atoms with Crippen molar-refractivity contribution in [3.63, 3.8) is 0 Å². The first kappa shape index (κ1) is 16.3. The number of thiophene rings is 1. The Morgan fingerprint density at radius 2 is 2.24 bits per heavy atom. The van der Waals surface area contributed by atoms with E-state index in [9.17, 15) is 4.79 Å². The molecule has 3 nitrogen and oxygen atoms in total. The number of rotatable bonds is 3. The summed E-state index contributed by atoms with van der Waals surface area (Å²) < 4.78 is 1.29. The van der Waals surface area contributed by atoms with Crippen molar-refractivity contribution in [2.45, 2.75) is 19.4 Å². The Morgan fingerprint density at radius 3 is 3.00 bits per heavy atom. The summed E-state index contributed by atoms with van der Waals surface area (Å²) in [4.78, 5) is 14.3. The van der Waals surface area contributed by atoms with Crippen LogP contribution >= 0.6 is 23.7 Å². The van der Waals surface area contributed by atoms with E-state index in [-0.39, 0.29) is 24.2 Å². The number of fused-ring (bicyclic) bond motifs is 1. The molecule has 0 spiro atoms. The summed E-state index contributed by atoms with van der Waals surface area (Å²) in [6, 6.07) is 8.40. The van der Waals surface area contributed by atoms with Crippen LogP contribution in [0.1, 0.15) is 18.4 Å². The van der Waals surface area contributed by atoms with Crippen LogP contribution in [0.3, 0.4) is 0 Å². The predicted molar refractivity (Wildman–Crippen MR) is 91.1 cm³/mol. The number of amides is 1. The average molecular weight is 325 g/mol. The van der Waals surface area contributed by atoms with Crippen molar-refractivity contribution in [2.24, 2.45) is 5.92 Å². The van der Waals surface area contributed by atoms with Gasteiger partial charge in [0.2, 0.25) is 5.91 Å². The minimum absolute atomic E-state index is 0. The van der Waals surface area contributed by atoms with E-state index in [1.807, 2.05) is 11.9 Å². The lowest BCUT2D eigenvalue weighted by Gasteiger charge is -2.27. The van der Waals surface area contributed by atoms with Gasteiger partial charge in [0.1, 0.15) is 0 Å². The standard InChI is InChI=1S/C16H20N2OS.ClH/c1-18(16(19)12-5-4-8-17-9-12)10-13-11-20-15-7-3-2-6-14(13)15;/h2-3,6-7,11-12,17H,4-5,8-10H2,1H3;1H. The van der Waals surface area contributed by atoms with Crippen LogP contribution in [0, 0.1) is 5.92 Å². The Kier molecular flexibility index (Phi) is 5.62. The van der Waals surface area contributed by atoms with E-state index in [2.05, 4.69) is 35.0 Å². The summed E-state index contributed by atoms with van der Waals surface area (Å²) in [7, 11) is 1.92.